The topological polar surface area (TPSA) is 74.6 Å². The average Bonchev–Trinajstić information content (AvgIpc) is 2.59. The smallest absolute Gasteiger partial charge is 0.332 e. The van der Waals surface area contributed by atoms with Crippen molar-refractivity contribution in [3.05, 3.63) is 82.9 Å². The minimum Gasteiger partial charge on any atom is -0.478 e. The van der Waals surface area contributed by atoms with Crippen molar-refractivity contribution in [1.82, 2.24) is 0 Å². The molecule has 0 spiro atoms. The molecule has 0 saturated heterocycles. The van der Waals surface area contributed by atoms with Crippen molar-refractivity contribution < 1.29 is 19.8 Å². The van der Waals surface area contributed by atoms with E-state index in [4.69, 9.17) is 0 Å². The van der Waals surface area contributed by atoms with Crippen LogP contribution < -0.4 is 0 Å². The number of rotatable bonds is 8. The van der Waals surface area contributed by atoms with Gasteiger partial charge in [-0.15, -0.1) is 0 Å². The van der Waals surface area contributed by atoms with Gasteiger partial charge in [0.25, 0.3) is 0 Å². The van der Waals surface area contributed by atoms with Gasteiger partial charge in [0.2, 0.25) is 0 Å². The van der Waals surface area contributed by atoms with Gasteiger partial charge in [-0.2, -0.15) is 0 Å². The Hall–Kier alpha value is -2.88. The molecule has 2 N–H and O–H groups in total. The molecule has 0 bridgehead atoms. The van der Waals surface area contributed by atoms with E-state index in [-0.39, 0.29) is 24.0 Å². The third kappa shape index (κ3) is 5.09. The number of carboxylic acid groups (broad SMARTS) is 2. The van der Waals surface area contributed by atoms with Crippen LogP contribution in [-0.4, -0.2) is 22.2 Å². The number of hydrogen-bond donors (Lipinski definition) is 2. The summed E-state index contributed by atoms with van der Waals surface area (Å²) in [6, 6.07) is 18.9. The molecule has 0 radical (unpaired) electrons. The molecule has 0 atom stereocenters. The van der Waals surface area contributed by atoms with Gasteiger partial charge in [0.1, 0.15) is 0 Å². The molecule has 2 aromatic carbocycles. The molecular formula is C20H20O4. The van der Waals surface area contributed by atoms with Crippen molar-refractivity contribution in [3.8, 4) is 0 Å². The maximum Gasteiger partial charge on any atom is 0.332 e. The zero-order valence-electron chi connectivity index (χ0n) is 13.3. The average molecular weight is 324 g/mol. The Labute approximate surface area is 141 Å². The van der Waals surface area contributed by atoms with Crippen LogP contribution in [0.15, 0.2) is 71.8 Å². The first-order valence-corrected chi connectivity index (χ1v) is 7.84. The summed E-state index contributed by atoms with van der Waals surface area (Å²) in [5.74, 6) is -2.31. The van der Waals surface area contributed by atoms with E-state index in [1.165, 1.54) is 0 Å². The van der Waals surface area contributed by atoms with Gasteiger partial charge in [-0.25, -0.2) is 9.59 Å². The first-order valence-electron chi connectivity index (χ1n) is 7.84. The Morgan fingerprint density at radius 2 is 0.958 bits per heavy atom. The lowest BCUT2D eigenvalue weighted by molar-refractivity contribution is -0.136. The fourth-order valence-electron chi connectivity index (χ4n) is 2.60. The van der Waals surface area contributed by atoms with Gasteiger partial charge in [0.15, 0.2) is 0 Å². The first kappa shape index (κ1) is 17.5. The fourth-order valence-corrected chi connectivity index (χ4v) is 2.60. The Morgan fingerprint density at radius 3 is 1.25 bits per heavy atom. The highest BCUT2D eigenvalue weighted by atomic mass is 16.4. The molecule has 4 nitrogen and oxygen atoms in total. The van der Waals surface area contributed by atoms with E-state index in [0.29, 0.717) is 12.8 Å². The summed E-state index contributed by atoms with van der Waals surface area (Å²) in [5, 5.41) is 18.9. The number of aliphatic carboxylic acids is 2. The van der Waals surface area contributed by atoms with Crippen LogP contribution in [0.25, 0.3) is 0 Å². The fraction of sp³-hybridized carbons (Fsp3) is 0.200. The van der Waals surface area contributed by atoms with Gasteiger partial charge >= 0.3 is 11.9 Å². The van der Waals surface area contributed by atoms with Crippen LogP contribution in [0.3, 0.4) is 0 Å². The molecular weight excluding hydrogens is 304 g/mol. The second-order valence-corrected chi connectivity index (χ2v) is 5.54. The maximum atomic E-state index is 11.6. The van der Waals surface area contributed by atoms with Crippen LogP contribution >= 0.6 is 0 Å². The summed E-state index contributed by atoms with van der Waals surface area (Å²) in [5.41, 5.74) is 1.96. The molecule has 124 valence electrons. The van der Waals surface area contributed by atoms with E-state index in [1.54, 1.807) is 0 Å². The largest absolute Gasteiger partial charge is 0.478 e. The highest BCUT2D eigenvalue weighted by Gasteiger charge is 2.20. The predicted octanol–water partition coefficient (Wildman–Crippen LogP) is 3.72. The van der Waals surface area contributed by atoms with Crippen molar-refractivity contribution in [2.45, 2.75) is 25.7 Å². The van der Waals surface area contributed by atoms with Gasteiger partial charge in [0, 0.05) is 11.1 Å². The molecule has 0 aliphatic heterocycles. The highest BCUT2D eigenvalue weighted by Crippen LogP contribution is 2.19. The molecule has 24 heavy (non-hydrogen) atoms. The lowest BCUT2D eigenvalue weighted by atomic mass is 9.95. The van der Waals surface area contributed by atoms with E-state index in [9.17, 15) is 19.8 Å². The lowest BCUT2D eigenvalue weighted by Crippen LogP contribution is -2.13. The molecule has 2 aromatic rings. The van der Waals surface area contributed by atoms with Crippen LogP contribution in [0.1, 0.15) is 24.0 Å². The van der Waals surface area contributed by atoms with E-state index < -0.39 is 11.9 Å². The Bertz CT molecular complexity index is 654. The van der Waals surface area contributed by atoms with Gasteiger partial charge < -0.3 is 10.2 Å². The van der Waals surface area contributed by atoms with Gasteiger partial charge in [-0.05, 0) is 36.8 Å². The van der Waals surface area contributed by atoms with E-state index in [0.717, 1.165) is 11.1 Å². The van der Waals surface area contributed by atoms with Gasteiger partial charge in [-0.1, -0.05) is 60.7 Å². The van der Waals surface area contributed by atoms with Crippen LogP contribution in [0, 0.1) is 0 Å². The molecule has 0 aliphatic rings. The number of hydrogen-bond acceptors (Lipinski definition) is 2. The Balaban J connectivity index is 2.16. The standard InChI is InChI=1S/C20H20O4/c21-19(22)17(13-11-15-7-3-1-4-8-15)18(20(23)24)14-12-16-9-5-2-6-10-16/h1-10H,11-14H2,(H,21,22)(H,23,24)/b18-17-. The van der Waals surface area contributed by atoms with Crippen molar-refractivity contribution in [2.24, 2.45) is 0 Å². The van der Waals surface area contributed by atoms with Crippen molar-refractivity contribution in [3.63, 3.8) is 0 Å². The normalized spacial score (nSPS) is 11.7. The van der Waals surface area contributed by atoms with E-state index in [2.05, 4.69) is 0 Å². The summed E-state index contributed by atoms with van der Waals surface area (Å²) in [6.07, 6.45) is 1.42. The Morgan fingerprint density at radius 1 is 0.625 bits per heavy atom. The highest BCUT2D eigenvalue weighted by molar-refractivity contribution is 5.98. The quantitative estimate of drug-likeness (QED) is 0.726. The van der Waals surface area contributed by atoms with Gasteiger partial charge in [-0.3, -0.25) is 0 Å². The number of aryl methyl sites for hydroxylation is 2. The minimum absolute atomic E-state index is 0.0118. The van der Waals surface area contributed by atoms with Crippen molar-refractivity contribution in [1.29, 1.82) is 0 Å². The van der Waals surface area contributed by atoms with E-state index >= 15 is 0 Å². The van der Waals surface area contributed by atoms with Crippen LogP contribution in [0.5, 0.6) is 0 Å². The second kappa shape index (κ2) is 8.67. The molecule has 4 heteroatoms. The molecule has 0 unspecified atom stereocenters. The molecule has 0 aromatic heterocycles. The SMILES string of the molecule is O=C(O)/C(CCc1ccccc1)=C(/CCc1ccccc1)C(=O)O. The first-order chi connectivity index (χ1) is 11.6. The summed E-state index contributed by atoms with van der Waals surface area (Å²) in [6.45, 7) is 0. The second-order valence-electron chi connectivity index (χ2n) is 5.54. The predicted molar refractivity (Wildman–Crippen MR) is 91.8 cm³/mol. The number of benzene rings is 2. The third-order valence-electron chi connectivity index (χ3n) is 3.89. The van der Waals surface area contributed by atoms with Gasteiger partial charge in [0.05, 0.1) is 0 Å². The summed E-state index contributed by atoms with van der Waals surface area (Å²) < 4.78 is 0. The van der Waals surface area contributed by atoms with Crippen LogP contribution in [0.2, 0.25) is 0 Å². The lowest BCUT2D eigenvalue weighted by Gasteiger charge is -2.10. The van der Waals surface area contributed by atoms with Crippen LogP contribution in [-0.2, 0) is 22.4 Å². The molecule has 0 amide bonds. The summed E-state index contributed by atoms with van der Waals surface area (Å²) in [4.78, 5) is 23.1. The van der Waals surface area contributed by atoms with Crippen molar-refractivity contribution in [2.75, 3.05) is 0 Å². The number of carbonyl (C=O) groups is 2. The Kier molecular flexibility index (Phi) is 6.32. The van der Waals surface area contributed by atoms with Crippen molar-refractivity contribution >= 4 is 11.9 Å². The molecule has 0 heterocycles. The maximum absolute atomic E-state index is 11.6. The molecule has 0 saturated carbocycles. The summed E-state index contributed by atoms with van der Waals surface area (Å²) >= 11 is 0. The number of carboxylic acids is 2. The molecule has 0 aliphatic carbocycles. The van der Waals surface area contributed by atoms with Crippen LogP contribution in [0.4, 0.5) is 0 Å². The zero-order valence-corrected chi connectivity index (χ0v) is 13.3. The third-order valence-corrected chi connectivity index (χ3v) is 3.89. The van der Waals surface area contributed by atoms with E-state index in [1.807, 2.05) is 60.7 Å². The zero-order chi connectivity index (χ0) is 17.4. The summed E-state index contributed by atoms with van der Waals surface area (Å²) in [7, 11) is 0. The minimum atomic E-state index is -1.16. The molecule has 0 fully saturated rings. The monoisotopic (exact) mass is 324 g/mol. The molecule has 2 rings (SSSR count).